The number of aliphatic imine (C=N–C) groups is 1. The second-order valence-electron chi connectivity index (χ2n) is 7.14. The second kappa shape index (κ2) is 16.1. The van der Waals surface area contributed by atoms with Crippen LogP contribution in [0.25, 0.3) is 10.2 Å². The largest absolute Gasteiger partial charge is 0.326 e. The molecule has 0 aliphatic carbocycles. The van der Waals surface area contributed by atoms with Crippen molar-refractivity contribution in [2.24, 2.45) is 4.99 Å². The van der Waals surface area contributed by atoms with Crippen molar-refractivity contribution in [2.45, 2.75) is 54.9 Å². The summed E-state index contributed by atoms with van der Waals surface area (Å²) >= 11 is 14.2. The minimum Gasteiger partial charge on any atom is -0.326 e. The summed E-state index contributed by atoms with van der Waals surface area (Å²) in [6, 6.07) is 11.1. The fourth-order valence-corrected chi connectivity index (χ4v) is 4.61. The summed E-state index contributed by atoms with van der Waals surface area (Å²) in [5, 5.41) is 4.98. The summed E-state index contributed by atoms with van der Waals surface area (Å²) in [5.41, 5.74) is 4.50. The Morgan fingerprint density at radius 2 is 1.75 bits per heavy atom. The van der Waals surface area contributed by atoms with Crippen LogP contribution in [0.2, 0.25) is 10.0 Å². The van der Waals surface area contributed by atoms with Gasteiger partial charge >= 0.3 is 0 Å². The van der Waals surface area contributed by atoms with E-state index >= 15 is 0 Å². The van der Waals surface area contributed by atoms with Crippen LogP contribution in [0, 0.1) is 6.92 Å². The van der Waals surface area contributed by atoms with Gasteiger partial charge in [-0.1, -0.05) is 75.7 Å². The van der Waals surface area contributed by atoms with Crippen molar-refractivity contribution >= 4 is 62.1 Å². The average Bonchev–Trinajstić information content (AvgIpc) is 3.24. The van der Waals surface area contributed by atoms with E-state index in [9.17, 15) is 4.79 Å². The molecule has 0 unspecified atom stereocenters. The van der Waals surface area contributed by atoms with E-state index in [1.165, 1.54) is 0 Å². The number of nitrogens with zero attached hydrogens (tertiary/aromatic N) is 2. The molecule has 3 rings (SSSR count). The molecule has 0 saturated heterocycles. The predicted octanol–water partition coefficient (Wildman–Crippen LogP) is 9.82. The minimum atomic E-state index is -0.122. The lowest BCUT2D eigenvalue weighted by Crippen LogP contribution is -2.10. The van der Waals surface area contributed by atoms with Crippen molar-refractivity contribution in [2.75, 3.05) is 5.32 Å². The quantitative estimate of drug-likeness (QED) is 0.238. The molecule has 0 aliphatic rings. The van der Waals surface area contributed by atoms with Gasteiger partial charge in [-0.25, -0.2) is 4.98 Å². The normalized spacial score (nSPS) is 11.8. The Morgan fingerprint density at radius 3 is 2.36 bits per heavy atom. The first kappa shape index (κ1) is 31.3. The second-order valence-corrected chi connectivity index (χ2v) is 9.19. The Bertz CT molecular complexity index is 1250. The van der Waals surface area contributed by atoms with E-state index in [-0.39, 0.29) is 12.3 Å². The van der Waals surface area contributed by atoms with E-state index in [0.29, 0.717) is 27.0 Å². The molecule has 36 heavy (non-hydrogen) atoms. The molecular weight excluding hydrogens is 509 g/mol. The zero-order valence-electron chi connectivity index (χ0n) is 22.1. The Labute approximate surface area is 229 Å². The molecule has 3 aromatic rings. The average molecular weight is 545 g/mol. The fraction of sp³-hybridized carbons (Fsp3) is 0.276. The van der Waals surface area contributed by atoms with E-state index < -0.39 is 0 Å². The van der Waals surface area contributed by atoms with Gasteiger partial charge in [0.25, 0.3) is 0 Å². The molecule has 7 heteroatoms. The predicted molar refractivity (Wildman–Crippen MR) is 161 cm³/mol. The topological polar surface area (TPSA) is 54.4 Å². The zero-order valence-corrected chi connectivity index (χ0v) is 24.4. The van der Waals surface area contributed by atoms with Crippen molar-refractivity contribution in [3.63, 3.8) is 0 Å². The molecule has 0 atom stereocenters. The number of hydrogen-bond donors (Lipinski definition) is 1. The van der Waals surface area contributed by atoms with Crippen LogP contribution < -0.4 is 5.32 Å². The maximum absolute atomic E-state index is 12.5. The van der Waals surface area contributed by atoms with Gasteiger partial charge in [-0.15, -0.1) is 11.3 Å². The zero-order chi connectivity index (χ0) is 27.3. The lowest BCUT2D eigenvalue weighted by Gasteiger charge is -2.09. The standard InChI is InChI=1S/C25H23Cl2N3OS.2C2H6/c1-5-7-21(28-16(3)25-19(26)8-6-9-20(25)27)15(2)10-13-24(31)30-18-11-12-23-22(14-18)29-17(4)32-23;2*1-2/h5-12,14H,1,13H2,2-4H3,(H,30,31);2*1-2H3/b15-10-,21-7+,28-16?;;. The van der Waals surface area contributed by atoms with Gasteiger partial charge < -0.3 is 5.32 Å². The summed E-state index contributed by atoms with van der Waals surface area (Å²) in [7, 11) is 0. The molecule has 4 nitrogen and oxygen atoms in total. The number of rotatable bonds is 7. The number of benzene rings is 2. The molecular formula is C29H35Cl2N3OS. The van der Waals surface area contributed by atoms with Crippen LogP contribution in [0.15, 0.2) is 77.5 Å². The monoisotopic (exact) mass is 543 g/mol. The minimum absolute atomic E-state index is 0.122. The number of fused-ring (bicyclic) bond motifs is 1. The van der Waals surface area contributed by atoms with Crippen LogP contribution in [0.3, 0.4) is 0 Å². The highest BCUT2D eigenvalue weighted by molar-refractivity contribution is 7.18. The van der Waals surface area contributed by atoms with Crippen LogP contribution in [0.4, 0.5) is 5.69 Å². The van der Waals surface area contributed by atoms with Gasteiger partial charge in [0.2, 0.25) is 5.91 Å². The summed E-state index contributed by atoms with van der Waals surface area (Å²) in [6.07, 6.45) is 5.48. The van der Waals surface area contributed by atoms with Gasteiger partial charge in [0.05, 0.1) is 31.0 Å². The van der Waals surface area contributed by atoms with E-state index in [4.69, 9.17) is 23.2 Å². The lowest BCUT2D eigenvalue weighted by molar-refractivity contribution is -0.115. The van der Waals surface area contributed by atoms with Crippen LogP contribution in [-0.2, 0) is 4.79 Å². The van der Waals surface area contributed by atoms with Crippen molar-refractivity contribution in [1.29, 1.82) is 0 Å². The SMILES string of the molecule is C=C/C=C(N=C(C)c1c(Cl)cccc1Cl)\C(C)=C/CC(=O)Nc1ccc2sc(C)nc2c1.CC.CC. The van der Waals surface area contributed by atoms with Crippen molar-refractivity contribution < 1.29 is 4.79 Å². The third-order valence-corrected chi connectivity index (χ3v) is 6.25. The number of allylic oxidation sites excluding steroid dienone is 3. The number of halogens is 2. The highest BCUT2D eigenvalue weighted by atomic mass is 35.5. The number of aryl methyl sites for hydroxylation is 1. The maximum atomic E-state index is 12.5. The highest BCUT2D eigenvalue weighted by Crippen LogP contribution is 2.27. The van der Waals surface area contributed by atoms with Gasteiger partial charge in [0.1, 0.15) is 0 Å². The van der Waals surface area contributed by atoms with Crippen LogP contribution in [0.5, 0.6) is 0 Å². The fourth-order valence-electron chi connectivity index (χ4n) is 3.13. The van der Waals surface area contributed by atoms with Crippen molar-refractivity contribution in [1.82, 2.24) is 4.98 Å². The molecule has 1 heterocycles. The number of carbonyl (C=O) groups excluding carboxylic acids is 1. The van der Waals surface area contributed by atoms with E-state index in [1.54, 1.807) is 41.7 Å². The Balaban J connectivity index is 0.00000154. The van der Waals surface area contributed by atoms with Gasteiger partial charge in [-0.3, -0.25) is 9.79 Å². The molecule has 1 amide bonds. The van der Waals surface area contributed by atoms with Crippen molar-refractivity contribution in [3.8, 4) is 0 Å². The number of anilines is 1. The number of amides is 1. The summed E-state index contributed by atoms with van der Waals surface area (Å²) in [4.78, 5) is 21.6. The number of aromatic nitrogens is 1. The first-order valence-electron chi connectivity index (χ1n) is 11.9. The molecule has 1 N–H and O–H groups in total. The summed E-state index contributed by atoms with van der Waals surface area (Å²) in [6.45, 7) is 17.5. The smallest absolute Gasteiger partial charge is 0.228 e. The first-order chi connectivity index (χ1) is 17.3. The summed E-state index contributed by atoms with van der Waals surface area (Å²) < 4.78 is 1.10. The first-order valence-corrected chi connectivity index (χ1v) is 13.5. The molecule has 0 spiro atoms. The molecule has 1 aromatic heterocycles. The molecule has 0 fully saturated rings. The Hall–Kier alpha value is -2.73. The third kappa shape index (κ3) is 9.05. The Kier molecular flexibility index (Phi) is 14.0. The lowest BCUT2D eigenvalue weighted by atomic mass is 10.1. The van der Waals surface area contributed by atoms with E-state index in [1.807, 2.05) is 72.7 Å². The van der Waals surface area contributed by atoms with Gasteiger partial charge in [-0.05, 0) is 62.8 Å². The summed E-state index contributed by atoms with van der Waals surface area (Å²) in [5.74, 6) is -0.122. The van der Waals surface area contributed by atoms with Crippen LogP contribution >= 0.6 is 34.5 Å². The van der Waals surface area contributed by atoms with Crippen molar-refractivity contribution in [3.05, 3.63) is 93.1 Å². The molecule has 0 aliphatic heterocycles. The maximum Gasteiger partial charge on any atom is 0.228 e. The van der Waals surface area contributed by atoms with Gasteiger partial charge in [0.15, 0.2) is 0 Å². The molecule has 0 bridgehead atoms. The molecule has 0 radical (unpaired) electrons. The Morgan fingerprint density at radius 1 is 1.11 bits per heavy atom. The number of carbonyl (C=O) groups is 1. The van der Waals surface area contributed by atoms with E-state index in [0.717, 1.165) is 26.5 Å². The molecule has 0 saturated carbocycles. The third-order valence-electron chi connectivity index (χ3n) is 4.66. The van der Waals surface area contributed by atoms with E-state index in [2.05, 4.69) is 21.9 Å². The van der Waals surface area contributed by atoms with Gasteiger partial charge in [0, 0.05) is 23.4 Å². The van der Waals surface area contributed by atoms with Gasteiger partial charge in [-0.2, -0.15) is 0 Å². The molecule has 192 valence electrons. The molecule has 2 aromatic carbocycles. The number of thiazole rings is 1. The van der Waals surface area contributed by atoms with Crippen LogP contribution in [-0.4, -0.2) is 16.6 Å². The number of nitrogens with one attached hydrogen (secondary N) is 1. The number of hydrogen-bond acceptors (Lipinski definition) is 4. The highest BCUT2D eigenvalue weighted by Gasteiger charge is 2.10. The van der Waals surface area contributed by atoms with Crippen LogP contribution in [0.1, 0.15) is 58.5 Å².